The van der Waals surface area contributed by atoms with E-state index in [0.717, 1.165) is 15.7 Å². The van der Waals surface area contributed by atoms with Crippen molar-refractivity contribution in [2.24, 2.45) is 10.7 Å². The number of aryl methyl sites for hydroxylation is 1. The van der Waals surface area contributed by atoms with Gasteiger partial charge in [0.2, 0.25) is 0 Å². The number of aliphatic imine (C=N–C) groups is 1. The molecule has 0 heterocycles. The van der Waals surface area contributed by atoms with Gasteiger partial charge in [0.25, 0.3) is 0 Å². The van der Waals surface area contributed by atoms with E-state index in [-0.39, 0.29) is 5.88 Å². The van der Waals surface area contributed by atoms with Crippen LogP contribution in [0.4, 0.5) is 5.69 Å². The van der Waals surface area contributed by atoms with E-state index in [9.17, 15) is 0 Å². The second kappa shape index (κ2) is 4.63. The SMILES string of the molecule is Cc1cccc(Br)c1N=C(N)CCl. The van der Waals surface area contributed by atoms with E-state index in [1.165, 1.54) is 0 Å². The predicted octanol–water partition coefficient (Wildman–Crippen LogP) is 2.99. The maximum atomic E-state index is 5.54. The van der Waals surface area contributed by atoms with Crippen LogP contribution in [0.1, 0.15) is 5.56 Å². The molecule has 0 aliphatic rings. The van der Waals surface area contributed by atoms with Gasteiger partial charge in [-0.25, -0.2) is 4.99 Å². The summed E-state index contributed by atoms with van der Waals surface area (Å²) in [5.41, 5.74) is 7.46. The van der Waals surface area contributed by atoms with E-state index in [1.807, 2.05) is 25.1 Å². The number of hydrogen-bond acceptors (Lipinski definition) is 1. The molecule has 0 saturated heterocycles. The third-order valence-corrected chi connectivity index (χ3v) is 2.49. The molecule has 2 nitrogen and oxygen atoms in total. The molecular weight excluding hydrogens is 251 g/mol. The van der Waals surface area contributed by atoms with Crippen LogP contribution in [0.25, 0.3) is 0 Å². The molecule has 0 aromatic heterocycles. The maximum absolute atomic E-state index is 5.54. The van der Waals surface area contributed by atoms with Crippen molar-refractivity contribution < 1.29 is 0 Å². The number of halogens is 2. The fourth-order valence-corrected chi connectivity index (χ4v) is 1.55. The van der Waals surface area contributed by atoms with Gasteiger partial charge in [0.15, 0.2) is 0 Å². The molecule has 1 aromatic carbocycles. The molecule has 0 fully saturated rings. The zero-order valence-corrected chi connectivity index (χ0v) is 9.56. The van der Waals surface area contributed by atoms with Crippen LogP contribution in [-0.2, 0) is 0 Å². The topological polar surface area (TPSA) is 38.4 Å². The molecule has 0 aliphatic carbocycles. The summed E-state index contributed by atoms with van der Waals surface area (Å²) in [6, 6.07) is 5.85. The number of para-hydroxylation sites is 1. The first-order chi connectivity index (χ1) is 6.15. The first-order valence-corrected chi connectivity index (χ1v) is 5.12. The van der Waals surface area contributed by atoms with Gasteiger partial charge in [-0.15, -0.1) is 11.6 Å². The van der Waals surface area contributed by atoms with Gasteiger partial charge in [0.05, 0.1) is 11.6 Å². The highest BCUT2D eigenvalue weighted by Crippen LogP contribution is 2.28. The normalized spacial score (nSPS) is 11.8. The molecule has 4 heteroatoms. The Balaban J connectivity index is 3.14. The summed E-state index contributed by atoms with van der Waals surface area (Å²) in [5, 5.41) is 0. The van der Waals surface area contributed by atoms with Gasteiger partial charge in [0, 0.05) is 4.47 Å². The van der Waals surface area contributed by atoms with Gasteiger partial charge in [-0.05, 0) is 34.5 Å². The number of hydrogen-bond donors (Lipinski definition) is 1. The van der Waals surface area contributed by atoms with Crippen LogP contribution < -0.4 is 5.73 Å². The average molecular weight is 262 g/mol. The van der Waals surface area contributed by atoms with Gasteiger partial charge in [-0.1, -0.05) is 12.1 Å². The summed E-state index contributed by atoms with van der Waals surface area (Å²) < 4.78 is 0.931. The standard InChI is InChI=1S/C9H10BrClN2/c1-6-3-2-4-7(10)9(6)13-8(12)5-11/h2-4H,5H2,1H3,(H2,12,13). The lowest BCUT2D eigenvalue weighted by Gasteiger charge is -2.03. The fraction of sp³-hybridized carbons (Fsp3) is 0.222. The molecule has 0 spiro atoms. The van der Waals surface area contributed by atoms with E-state index in [4.69, 9.17) is 17.3 Å². The quantitative estimate of drug-likeness (QED) is 0.496. The molecule has 1 aromatic rings. The van der Waals surface area contributed by atoms with Gasteiger partial charge in [-0.2, -0.15) is 0 Å². The zero-order valence-electron chi connectivity index (χ0n) is 7.22. The lowest BCUT2D eigenvalue weighted by atomic mass is 10.2. The van der Waals surface area contributed by atoms with Crippen LogP contribution in [0, 0.1) is 6.92 Å². The van der Waals surface area contributed by atoms with Crippen LogP contribution in [0.3, 0.4) is 0 Å². The first-order valence-electron chi connectivity index (χ1n) is 3.79. The highest BCUT2D eigenvalue weighted by Gasteiger charge is 2.01. The van der Waals surface area contributed by atoms with Crippen LogP contribution in [-0.4, -0.2) is 11.7 Å². The van der Waals surface area contributed by atoms with Crippen LogP contribution in [0.15, 0.2) is 27.7 Å². The van der Waals surface area contributed by atoms with E-state index < -0.39 is 0 Å². The van der Waals surface area contributed by atoms with Crippen molar-refractivity contribution in [1.29, 1.82) is 0 Å². The lowest BCUT2D eigenvalue weighted by molar-refractivity contribution is 1.35. The van der Waals surface area contributed by atoms with E-state index in [1.54, 1.807) is 0 Å². The molecule has 2 N–H and O–H groups in total. The number of nitrogens with zero attached hydrogens (tertiary/aromatic N) is 1. The Morgan fingerprint density at radius 2 is 2.31 bits per heavy atom. The van der Waals surface area contributed by atoms with Crippen molar-refractivity contribution in [2.75, 3.05) is 5.88 Å². The van der Waals surface area contributed by atoms with Gasteiger partial charge < -0.3 is 5.73 Å². The zero-order chi connectivity index (χ0) is 9.84. The smallest absolute Gasteiger partial charge is 0.115 e. The molecule has 13 heavy (non-hydrogen) atoms. The first kappa shape index (κ1) is 10.5. The molecule has 0 aliphatic heterocycles. The molecule has 0 atom stereocenters. The van der Waals surface area contributed by atoms with Crippen molar-refractivity contribution in [3.05, 3.63) is 28.2 Å². The second-order valence-corrected chi connectivity index (χ2v) is 3.76. The molecule has 1 rings (SSSR count). The Bertz CT molecular complexity index is 316. The molecule has 0 bridgehead atoms. The Kier molecular flexibility index (Phi) is 3.75. The predicted molar refractivity (Wildman–Crippen MR) is 60.9 cm³/mol. The van der Waals surface area contributed by atoms with Crippen molar-refractivity contribution in [2.45, 2.75) is 6.92 Å². The Labute approximate surface area is 90.9 Å². The van der Waals surface area contributed by atoms with Crippen molar-refractivity contribution in [1.82, 2.24) is 0 Å². The Hall–Kier alpha value is -0.540. The highest BCUT2D eigenvalue weighted by molar-refractivity contribution is 9.10. The summed E-state index contributed by atoms with van der Waals surface area (Å²) in [4.78, 5) is 4.19. The molecule has 0 amide bonds. The Morgan fingerprint density at radius 3 is 2.85 bits per heavy atom. The maximum Gasteiger partial charge on any atom is 0.115 e. The minimum atomic E-state index is 0.251. The Morgan fingerprint density at radius 1 is 1.62 bits per heavy atom. The highest BCUT2D eigenvalue weighted by atomic mass is 79.9. The third kappa shape index (κ3) is 2.71. The molecule has 0 unspecified atom stereocenters. The monoisotopic (exact) mass is 260 g/mol. The number of benzene rings is 1. The van der Waals surface area contributed by atoms with Gasteiger partial charge >= 0.3 is 0 Å². The largest absolute Gasteiger partial charge is 0.386 e. The van der Waals surface area contributed by atoms with E-state index in [0.29, 0.717) is 5.84 Å². The van der Waals surface area contributed by atoms with Crippen LogP contribution in [0.5, 0.6) is 0 Å². The number of alkyl halides is 1. The minimum absolute atomic E-state index is 0.251. The minimum Gasteiger partial charge on any atom is -0.386 e. The van der Waals surface area contributed by atoms with Gasteiger partial charge in [-0.3, -0.25) is 0 Å². The average Bonchev–Trinajstić information content (AvgIpc) is 2.11. The van der Waals surface area contributed by atoms with Crippen molar-refractivity contribution >= 4 is 39.1 Å². The summed E-state index contributed by atoms with van der Waals surface area (Å²) >= 11 is 8.93. The summed E-state index contributed by atoms with van der Waals surface area (Å²) in [6.07, 6.45) is 0. The van der Waals surface area contributed by atoms with Crippen LogP contribution in [0.2, 0.25) is 0 Å². The summed E-state index contributed by atoms with van der Waals surface area (Å²) in [7, 11) is 0. The van der Waals surface area contributed by atoms with Gasteiger partial charge in [0.1, 0.15) is 5.84 Å². The molecule has 0 saturated carbocycles. The lowest BCUT2D eigenvalue weighted by Crippen LogP contribution is -2.12. The number of nitrogens with two attached hydrogens (primary N) is 1. The number of rotatable bonds is 2. The van der Waals surface area contributed by atoms with E-state index >= 15 is 0 Å². The van der Waals surface area contributed by atoms with Crippen molar-refractivity contribution in [3.63, 3.8) is 0 Å². The fourth-order valence-electron chi connectivity index (χ4n) is 0.938. The molecular formula is C9H10BrClN2. The number of amidine groups is 1. The molecule has 70 valence electrons. The second-order valence-electron chi connectivity index (χ2n) is 2.64. The molecule has 0 radical (unpaired) electrons. The van der Waals surface area contributed by atoms with Crippen molar-refractivity contribution in [3.8, 4) is 0 Å². The van der Waals surface area contributed by atoms with E-state index in [2.05, 4.69) is 20.9 Å². The summed E-state index contributed by atoms with van der Waals surface area (Å²) in [6.45, 7) is 1.98. The third-order valence-electron chi connectivity index (χ3n) is 1.58. The summed E-state index contributed by atoms with van der Waals surface area (Å²) in [5.74, 6) is 0.678. The van der Waals surface area contributed by atoms with Crippen LogP contribution >= 0.6 is 27.5 Å².